The number of nitrogens with one attached hydrogen (secondary N) is 1. The molecule has 7 nitrogen and oxygen atoms in total. The fraction of sp³-hybridized carbons (Fsp3) is 0.750. The Morgan fingerprint density at radius 2 is 2.30 bits per heavy atom. The normalized spacial score (nSPS) is 19.9. The summed E-state index contributed by atoms with van der Waals surface area (Å²) in [6.45, 7) is 9.95. The molecule has 2 atom stereocenters. The van der Waals surface area contributed by atoms with Gasteiger partial charge in [0.2, 0.25) is 0 Å². The van der Waals surface area contributed by atoms with Crippen molar-refractivity contribution in [1.82, 2.24) is 20.1 Å². The number of aryl methyl sites for hydroxylation is 1. The minimum Gasteiger partial charge on any atom is -0.444 e. The number of aromatic nitrogens is 2. The summed E-state index contributed by atoms with van der Waals surface area (Å²) < 4.78 is 7.35. The van der Waals surface area contributed by atoms with Crippen molar-refractivity contribution >= 4 is 6.09 Å². The highest BCUT2D eigenvalue weighted by Gasteiger charge is 2.33. The van der Waals surface area contributed by atoms with E-state index in [0.717, 1.165) is 24.9 Å². The van der Waals surface area contributed by atoms with Crippen molar-refractivity contribution < 1.29 is 9.53 Å². The second-order valence-electron chi connectivity index (χ2n) is 7.16. The molecule has 1 aromatic rings. The van der Waals surface area contributed by atoms with Gasteiger partial charge in [-0.25, -0.2) is 4.79 Å². The standard InChI is InChI=1S/C16H29N5O2/c1-5-21-10-12(9-18-21)8-14(19-17)13-6-7-20(11-13)15(22)23-16(2,3)4/h9-10,13-14,19H,5-8,11,17H2,1-4H3. The number of hydrogen-bond acceptors (Lipinski definition) is 5. The second kappa shape index (κ2) is 7.31. The second-order valence-corrected chi connectivity index (χ2v) is 7.16. The van der Waals surface area contributed by atoms with Crippen molar-refractivity contribution in [3.05, 3.63) is 18.0 Å². The van der Waals surface area contributed by atoms with E-state index in [2.05, 4.69) is 17.4 Å². The first kappa shape index (κ1) is 17.7. The molecule has 1 fully saturated rings. The fourth-order valence-corrected chi connectivity index (χ4v) is 2.91. The average Bonchev–Trinajstić information content (AvgIpc) is 3.12. The molecule has 2 rings (SSSR count). The monoisotopic (exact) mass is 323 g/mol. The van der Waals surface area contributed by atoms with Gasteiger partial charge in [-0.2, -0.15) is 5.10 Å². The molecule has 0 aliphatic carbocycles. The third-order valence-corrected chi connectivity index (χ3v) is 4.13. The molecule has 1 aliphatic heterocycles. The minimum absolute atomic E-state index is 0.122. The predicted molar refractivity (Wildman–Crippen MR) is 88.6 cm³/mol. The van der Waals surface area contributed by atoms with Crippen LogP contribution in [0.4, 0.5) is 4.79 Å². The van der Waals surface area contributed by atoms with Crippen LogP contribution in [0.15, 0.2) is 12.4 Å². The molecular formula is C16H29N5O2. The number of ether oxygens (including phenoxy) is 1. The zero-order chi connectivity index (χ0) is 17.0. The first-order valence-electron chi connectivity index (χ1n) is 8.27. The van der Waals surface area contributed by atoms with Gasteiger partial charge < -0.3 is 9.64 Å². The fourth-order valence-electron chi connectivity index (χ4n) is 2.91. The van der Waals surface area contributed by atoms with E-state index in [1.54, 1.807) is 4.90 Å². The Bertz CT molecular complexity index is 523. The van der Waals surface area contributed by atoms with Crippen molar-refractivity contribution in [3.63, 3.8) is 0 Å². The Kier molecular flexibility index (Phi) is 5.64. The molecule has 3 N–H and O–H groups in total. The van der Waals surface area contributed by atoms with Crippen molar-refractivity contribution in [2.24, 2.45) is 11.8 Å². The van der Waals surface area contributed by atoms with Crippen LogP contribution in [0.5, 0.6) is 0 Å². The largest absolute Gasteiger partial charge is 0.444 e. The van der Waals surface area contributed by atoms with Crippen LogP contribution in [0.3, 0.4) is 0 Å². The maximum absolute atomic E-state index is 12.2. The lowest BCUT2D eigenvalue weighted by molar-refractivity contribution is 0.0285. The summed E-state index contributed by atoms with van der Waals surface area (Å²) in [5.74, 6) is 6.07. The maximum Gasteiger partial charge on any atom is 0.410 e. The Morgan fingerprint density at radius 1 is 1.57 bits per heavy atom. The zero-order valence-electron chi connectivity index (χ0n) is 14.6. The molecular weight excluding hydrogens is 294 g/mol. The first-order valence-corrected chi connectivity index (χ1v) is 8.27. The SMILES string of the molecule is CCn1cc(CC(NN)C2CCN(C(=O)OC(C)(C)C)C2)cn1. The van der Waals surface area contributed by atoms with Crippen LogP contribution in [-0.2, 0) is 17.7 Å². The Labute approximate surface area is 138 Å². The topological polar surface area (TPSA) is 85.4 Å². The van der Waals surface area contributed by atoms with E-state index >= 15 is 0 Å². The van der Waals surface area contributed by atoms with Crippen LogP contribution in [0.25, 0.3) is 0 Å². The van der Waals surface area contributed by atoms with Gasteiger partial charge in [-0.1, -0.05) is 0 Å². The number of likely N-dealkylation sites (tertiary alicyclic amines) is 1. The molecule has 0 aromatic carbocycles. The van der Waals surface area contributed by atoms with Crippen molar-refractivity contribution in [1.29, 1.82) is 0 Å². The summed E-state index contributed by atoms with van der Waals surface area (Å²) in [7, 11) is 0. The quantitative estimate of drug-likeness (QED) is 0.634. The first-order chi connectivity index (χ1) is 10.8. The number of hydrazine groups is 1. The number of nitrogens with zero attached hydrogens (tertiary/aromatic N) is 3. The van der Waals surface area contributed by atoms with Gasteiger partial charge in [0, 0.05) is 31.9 Å². The van der Waals surface area contributed by atoms with Gasteiger partial charge in [0.05, 0.1) is 6.20 Å². The van der Waals surface area contributed by atoms with Crippen molar-refractivity contribution in [2.75, 3.05) is 13.1 Å². The Morgan fingerprint density at radius 3 is 2.87 bits per heavy atom. The van der Waals surface area contributed by atoms with Crippen LogP contribution < -0.4 is 11.3 Å². The average molecular weight is 323 g/mol. The van der Waals surface area contributed by atoms with Crippen molar-refractivity contribution in [2.45, 2.75) is 58.7 Å². The molecule has 1 aliphatic rings. The smallest absolute Gasteiger partial charge is 0.410 e. The number of rotatable bonds is 5. The number of carbonyl (C=O) groups is 1. The lowest BCUT2D eigenvalue weighted by Gasteiger charge is -2.26. The summed E-state index contributed by atoms with van der Waals surface area (Å²) in [6.07, 6.45) is 5.42. The van der Waals surface area contributed by atoms with Crippen LogP contribution in [0.1, 0.15) is 39.7 Å². The molecule has 1 amide bonds. The Hall–Kier alpha value is -1.60. The van der Waals surface area contributed by atoms with Crippen LogP contribution in [0, 0.1) is 5.92 Å². The molecule has 2 heterocycles. The van der Waals surface area contributed by atoms with Crippen LogP contribution in [-0.4, -0.2) is 45.5 Å². The van der Waals surface area contributed by atoms with Gasteiger partial charge in [0.25, 0.3) is 0 Å². The number of nitrogens with two attached hydrogens (primary N) is 1. The number of carbonyl (C=O) groups excluding carboxylic acids is 1. The summed E-state index contributed by atoms with van der Waals surface area (Å²) in [6, 6.07) is 0.122. The van der Waals surface area contributed by atoms with Gasteiger partial charge in [0.1, 0.15) is 5.60 Å². The minimum atomic E-state index is -0.463. The molecule has 0 bridgehead atoms. The molecule has 130 valence electrons. The van der Waals surface area contributed by atoms with E-state index in [0.29, 0.717) is 19.0 Å². The van der Waals surface area contributed by atoms with Crippen molar-refractivity contribution in [3.8, 4) is 0 Å². The van der Waals surface area contributed by atoms with E-state index in [1.165, 1.54) is 0 Å². The van der Waals surface area contributed by atoms with E-state index in [4.69, 9.17) is 10.6 Å². The van der Waals surface area contributed by atoms with Gasteiger partial charge >= 0.3 is 6.09 Å². The lowest BCUT2D eigenvalue weighted by atomic mass is 9.94. The van der Waals surface area contributed by atoms with Crippen LogP contribution in [0.2, 0.25) is 0 Å². The van der Waals surface area contributed by atoms with E-state index in [1.807, 2.05) is 37.8 Å². The lowest BCUT2D eigenvalue weighted by Crippen LogP contribution is -2.44. The van der Waals surface area contributed by atoms with Crippen LogP contribution >= 0.6 is 0 Å². The van der Waals surface area contributed by atoms with Gasteiger partial charge in [-0.15, -0.1) is 0 Å². The molecule has 0 radical (unpaired) electrons. The summed E-state index contributed by atoms with van der Waals surface area (Å²) in [5.41, 5.74) is 3.61. The molecule has 1 saturated heterocycles. The third-order valence-electron chi connectivity index (χ3n) is 4.13. The molecule has 0 saturated carbocycles. The highest BCUT2D eigenvalue weighted by Crippen LogP contribution is 2.23. The van der Waals surface area contributed by atoms with Gasteiger partial charge in [-0.3, -0.25) is 16.0 Å². The summed E-state index contributed by atoms with van der Waals surface area (Å²) >= 11 is 0. The molecule has 23 heavy (non-hydrogen) atoms. The summed E-state index contributed by atoms with van der Waals surface area (Å²) in [4.78, 5) is 13.9. The highest BCUT2D eigenvalue weighted by molar-refractivity contribution is 5.68. The van der Waals surface area contributed by atoms with E-state index < -0.39 is 5.60 Å². The van der Waals surface area contributed by atoms with Gasteiger partial charge in [0.15, 0.2) is 0 Å². The third kappa shape index (κ3) is 4.94. The predicted octanol–water partition coefficient (Wildman–Crippen LogP) is 1.53. The highest BCUT2D eigenvalue weighted by atomic mass is 16.6. The molecule has 1 aromatic heterocycles. The molecule has 0 spiro atoms. The maximum atomic E-state index is 12.2. The van der Waals surface area contributed by atoms with Gasteiger partial charge in [-0.05, 0) is 52.0 Å². The van der Waals surface area contributed by atoms with E-state index in [-0.39, 0.29) is 12.1 Å². The number of hydrogen-bond donors (Lipinski definition) is 2. The summed E-state index contributed by atoms with van der Waals surface area (Å²) in [5, 5.41) is 4.30. The van der Waals surface area contributed by atoms with E-state index in [9.17, 15) is 4.79 Å². The number of amides is 1. The zero-order valence-corrected chi connectivity index (χ0v) is 14.6. The Balaban J connectivity index is 1.91. The molecule has 7 heteroatoms. The molecule has 2 unspecified atom stereocenters.